The fraction of sp³-hybridized carbons (Fsp3) is 0.350. The van der Waals surface area contributed by atoms with Crippen molar-refractivity contribution < 1.29 is 14.3 Å². The molecule has 2 aromatic carbocycles. The average Bonchev–Trinajstić information content (AvgIpc) is 2.62. The minimum Gasteiger partial charge on any atom is -0.484 e. The van der Waals surface area contributed by atoms with Gasteiger partial charge in [0.15, 0.2) is 6.61 Å². The number of carbonyl (C=O) groups excluding carboxylic acids is 1. The molecular weight excluding hydrogens is 302 g/mol. The maximum atomic E-state index is 12.4. The van der Waals surface area contributed by atoms with Crippen LogP contribution in [0, 0.1) is 6.92 Å². The van der Waals surface area contributed by atoms with Gasteiger partial charge in [0.1, 0.15) is 5.75 Å². The van der Waals surface area contributed by atoms with E-state index in [1.165, 1.54) is 11.1 Å². The van der Waals surface area contributed by atoms with Gasteiger partial charge >= 0.3 is 0 Å². The lowest BCUT2D eigenvalue weighted by Gasteiger charge is -2.33. The molecule has 1 aliphatic heterocycles. The number of aryl methyl sites for hydroxylation is 1. The zero-order valence-electron chi connectivity index (χ0n) is 14.0. The summed E-state index contributed by atoms with van der Waals surface area (Å²) in [5, 5.41) is 0. The lowest BCUT2D eigenvalue weighted by atomic mass is 10.1. The summed E-state index contributed by atoms with van der Waals surface area (Å²) in [6.07, 6.45) is 0.869. The van der Waals surface area contributed by atoms with Crippen LogP contribution in [0.1, 0.15) is 11.1 Å². The first kappa shape index (κ1) is 16.5. The number of amides is 1. The summed E-state index contributed by atoms with van der Waals surface area (Å²) in [7, 11) is 0. The largest absolute Gasteiger partial charge is 0.484 e. The Morgan fingerprint density at radius 2 is 1.92 bits per heavy atom. The Bertz CT molecular complexity index is 654. The predicted octanol–water partition coefficient (Wildman–Crippen LogP) is 2.84. The van der Waals surface area contributed by atoms with Gasteiger partial charge in [-0.1, -0.05) is 48.0 Å². The second kappa shape index (κ2) is 7.97. The Kier molecular flexibility index (Phi) is 5.49. The number of ether oxygens (including phenoxy) is 2. The third kappa shape index (κ3) is 4.59. The number of hydrogen-bond donors (Lipinski definition) is 0. The predicted molar refractivity (Wildman–Crippen MR) is 93.1 cm³/mol. The van der Waals surface area contributed by atoms with Crippen LogP contribution >= 0.6 is 0 Å². The first-order valence-electron chi connectivity index (χ1n) is 8.33. The number of benzene rings is 2. The number of rotatable bonds is 5. The number of hydrogen-bond acceptors (Lipinski definition) is 3. The molecule has 0 bridgehead atoms. The highest BCUT2D eigenvalue weighted by atomic mass is 16.5. The molecular formula is C20H23NO3. The molecule has 0 radical (unpaired) electrons. The van der Waals surface area contributed by atoms with E-state index in [0.717, 1.165) is 12.2 Å². The van der Waals surface area contributed by atoms with E-state index >= 15 is 0 Å². The molecule has 0 spiro atoms. The Labute approximate surface area is 143 Å². The highest BCUT2D eigenvalue weighted by Gasteiger charge is 2.24. The van der Waals surface area contributed by atoms with Crippen LogP contribution in [0.4, 0.5) is 0 Å². The highest BCUT2D eigenvalue weighted by molar-refractivity contribution is 5.77. The maximum absolute atomic E-state index is 12.4. The molecule has 1 fully saturated rings. The molecule has 0 N–H and O–H groups in total. The molecule has 4 nitrogen and oxygen atoms in total. The molecule has 0 aromatic heterocycles. The van der Waals surface area contributed by atoms with E-state index in [9.17, 15) is 4.79 Å². The summed E-state index contributed by atoms with van der Waals surface area (Å²) in [5.74, 6) is 0.736. The lowest BCUT2D eigenvalue weighted by molar-refractivity contribution is -0.140. The van der Waals surface area contributed by atoms with E-state index in [-0.39, 0.29) is 18.6 Å². The van der Waals surface area contributed by atoms with Gasteiger partial charge in [-0.15, -0.1) is 0 Å². The number of nitrogens with zero attached hydrogens (tertiary/aromatic N) is 1. The third-order valence-electron chi connectivity index (χ3n) is 4.18. The summed E-state index contributed by atoms with van der Waals surface area (Å²) in [4.78, 5) is 14.2. The summed E-state index contributed by atoms with van der Waals surface area (Å²) in [6.45, 7) is 3.91. The van der Waals surface area contributed by atoms with Gasteiger partial charge in [-0.05, 0) is 24.6 Å². The lowest BCUT2D eigenvalue weighted by Crippen LogP contribution is -2.47. The topological polar surface area (TPSA) is 38.8 Å². The van der Waals surface area contributed by atoms with Crippen LogP contribution in [-0.4, -0.2) is 43.2 Å². The highest BCUT2D eigenvalue weighted by Crippen LogP contribution is 2.14. The molecule has 4 heteroatoms. The fourth-order valence-corrected chi connectivity index (χ4v) is 2.82. The minimum absolute atomic E-state index is 0.0111. The first-order valence-corrected chi connectivity index (χ1v) is 8.33. The van der Waals surface area contributed by atoms with Gasteiger partial charge in [0.2, 0.25) is 0 Å². The van der Waals surface area contributed by atoms with Crippen molar-refractivity contribution >= 4 is 5.91 Å². The van der Waals surface area contributed by atoms with Gasteiger partial charge in [0, 0.05) is 19.5 Å². The molecule has 1 heterocycles. The van der Waals surface area contributed by atoms with E-state index < -0.39 is 0 Å². The zero-order chi connectivity index (χ0) is 16.8. The monoisotopic (exact) mass is 325 g/mol. The van der Waals surface area contributed by atoms with E-state index in [1.54, 1.807) is 0 Å². The van der Waals surface area contributed by atoms with E-state index in [1.807, 2.05) is 54.3 Å². The minimum atomic E-state index is 0.0111. The van der Waals surface area contributed by atoms with Crippen molar-refractivity contribution in [1.82, 2.24) is 4.90 Å². The van der Waals surface area contributed by atoms with E-state index in [2.05, 4.69) is 12.1 Å². The molecule has 1 atom stereocenters. The van der Waals surface area contributed by atoms with Crippen molar-refractivity contribution in [3.8, 4) is 5.75 Å². The molecule has 3 rings (SSSR count). The molecule has 0 saturated carbocycles. The van der Waals surface area contributed by atoms with Crippen LogP contribution in [0.2, 0.25) is 0 Å². The molecule has 126 valence electrons. The van der Waals surface area contributed by atoms with Crippen LogP contribution in [0.5, 0.6) is 5.75 Å². The average molecular weight is 325 g/mol. The molecule has 1 saturated heterocycles. The Morgan fingerprint density at radius 3 is 2.67 bits per heavy atom. The normalized spacial score (nSPS) is 17.5. The van der Waals surface area contributed by atoms with Crippen molar-refractivity contribution in [2.24, 2.45) is 0 Å². The fourth-order valence-electron chi connectivity index (χ4n) is 2.82. The summed E-state index contributed by atoms with van der Waals surface area (Å²) in [6, 6.07) is 18.0. The van der Waals surface area contributed by atoms with Gasteiger partial charge in [0.25, 0.3) is 5.91 Å². The summed E-state index contributed by atoms with van der Waals surface area (Å²) in [5.41, 5.74) is 2.40. The second-order valence-electron chi connectivity index (χ2n) is 6.12. The SMILES string of the molecule is Cc1ccc(OCC(=O)N2CCOC(Cc3ccccc3)C2)cc1. The van der Waals surface area contributed by atoms with Gasteiger partial charge in [0.05, 0.1) is 12.7 Å². The van der Waals surface area contributed by atoms with Crippen molar-refractivity contribution in [3.63, 3.8) is 0 Å². The summed E-state index contributed by atoms with van der Waals surface area (Å²) < 4.78 is 11.4. The van der Waals surface area contributed by atoms with Gasteiger partial charge in [-0.2, -0.15) is 0 Å². The molecule has 1 amide bonds. The molecule has 1 unspecified atom stereocenters. The number of carbonyl (C=O) groups is 1. The van der Waals surface area contributed by atoms with E-state index in [4.69, 9.17) is 9.47 Å². The van der Waals surface area contributed by atoms with Crippen molar-refractivity contribution in [1.29, 1.82) is 0 Å². The van der Waals surface area contributed by atoms with Crippen LogP contribution in [0.3, 0.4) is 0 Å². The van der Waals surface area contributed by atoms with Crippen LogP contribution in [-0.2, 0) is 16.0 Å². The first-order chi connectivity index (χ1) is 11.7. The van der Waals surface area contributed by atoms with Crippen molar-refractivity contribution in [2.45, 2.75) is 19.4 Å². The Morgan fingerprint density at radius 1 is 1.17 bits per heavy atom. The second-order valence-corrected chi connectivity index (χ2v) is 6.12. The Balaban J connectivity index is 1.50. The van der Waals surface area contributed by atoms with Crippen LogP contribution in [0.25, 0.3) is 0 Å². The molecule has 24 heavy (non-hydrogen) atoms. The maximum Gasteiger partial charge on any atom is 0.260 e. The van der Waals surface area contributed by atoms with Gasteiger partial charge < -0.3 is 14.4 Å². The molecule has 0 aliphatic carbocycles. The smallest absolute Gasteiger partial charge is 0.260 e. The third-order valence-corrected chi connectivity index (χ3v) is 4.18. The van der Waals surface area contributed by atoms with Crippen LogP contribution in [0.15, 0.2) is 54.6 Å². The summed E-state index contributed by atoms with van der Waals surface area (Å²) >= 11 is 0. The standard InChI is InChI=1S/C20H23NO3/c1-16-7-9-18(10-8-16)24-15-20(22)21-11-12-23-19(14-21)13-17-5-3-2-4-6-17/h2-10,19H,11-15H2,1H3. The zero-order valence-corrected chi connectivity index (χ0v) is 14.0. The van der Waals surface area contributed by atoms with Crippen LogP contribution < -0.4 is 4.74 Å². The van der Waals surface area contributed by atoms with Crippen molar-refractivity contribution in [2.75, 3.05) is 26.3 Å². The van der Waals surface area contributed by atoms with E-state index in [0.29, 0.717) is 19.7 Å². The van der Waals surface area contributed by atoms with Gasteiger partial charge in [-0.3, -0.25) is 4.79 Å². The quantitative estimate of drug-likeness (QED) is 0.848. The van der Waals surface area contributed by atoms with Gasteiger partial charge in [-0.25, -0.2) is 0 Å². The Hall–Kier alpha value is -2.33. The molecule has 2 aromatic rings. The van der Waals surface area contributed by atoms with Crippen molar-refractivity contribution in [3.05, 3.63) is 65.7 Å². The molecule has 1 aliphatic rings. The number of morpholine rings is 1.